The highest BCUT2D eigenvalue weighted by Gasteiger charge is 2.24. The van der Waals surface area contributed by atoms with Crippen LogP contribution in [-0.2, 0) is 4.79 Å². The third-order valence-electron chi connectivity index (χ3n) is 3.93. The summed E-state index contributed by atoms with van der Waals surface area (Å²) in [5, 5.41) is 18.3. The van der Waals surface area contributed by atoms with Crippen LogP contribution < -0.4 is 0 Å². The van der Waals surface area contributed by atoms with Crippen LogP contribution in [0.3, 0.4) is 0 Å². The Morgan fingerprint density at radius 1 is 1.50 bits per heavy atom. The standard InChI is InChI=1S/C15H24O3/c1-10-6-7-11(2)14(9-12(10)3)13(15(17)18)5-4-8-16/h9-10,13,16H,4-8H2,1-3H3,(H,17,18). The van der Waals surface area contributed by atoms with Crippen molar-refractivity contribution in [3.05, 3.63) is 22.8 Å². The molecule has 0 saturated carbocycles. The van der Waals surface area contributed by atoms with Crippen LogP contribution in [-0.4, -0.2) is 22.8 Å². The minimum absolute atomic E-state index is 0.0508. The Hall–Kier alpha value is -1.09. The predicted molar refractivity (Wildman–Crippen MR) is 72.3 cm³/mol. The summed E-state index contributed by atoms with van der Waals surface area (Å²) >= 11 is 0. The Kier molecular flexibility index (Phi) is 5.60. The van der Waals surface area contributed by atoms with E-state index in [-0.39, 0.29) is 6.61 Å². The maximum absolute atomic E-state index is 11.4. The van der Waals surface area contributed by atoms with E-state index in [2.05, 4.69) is 19.9 Å². The molecule has 3 heteroatoms. The molecule has 18 heavy (non-hydrogen) atoms. The summed E-state index contributed by atoms with van der Waals surface area (Å²) in [5.41, 5.74) is 3.40. The minimum atomic E-state index is -0.781. The second-order valence-corrected chi connectivity index (χ2v) is 5.32. The van der Waals surface area contributed by atoms with E-state index in [1.165, 1.54) is 11.1 Å². The monoisotopic (exact) mass is 252 g/mol. The highest BCUT2D eigenvalue weighted by molar-refractivity contribution is 5.75. The van der Waals surface area contributed by atoms with Crippen LogP contribution in [0.1, 0.15) is 46.5 Å². The average Bonchev–Trinajstić information content (AvgIpc) is 2.44. The molecular formula is C15H24O3. The van der Waals surface area contributed by atoms with Gasteiger partial charge in [-0.15, -0.1) is 0 Å². The molecule has 0 heterocycles. The van der Waals surface area contributed by atoms with Crippen LogP contribution in [0.2, 0.25) is 0 Å². The molecule has 0 bridgehead atoms. The van der Waals surface area contributed by atoms with Gasteiger partial charge >= 0.3 is 5.97 Å². The van der Waals surface area contributed by atoms with Crippen molar-refractivity contribution in [1.82, 2.24) is 0 Å². The van der Waals surface area contributed by atoms with Crippen molar-refractivity contribution in [1.29, 1.82) is 0 Å². The molecule has 0 saturated heterocycles. The molecule has 2 unspecified atom stereocenters. The van der Waals surface area contributed by atoms with Gasteiger partial charge in [-0.3, -0.25) is 4.79 Å². The molecule has 1 rings (SSSR count). The van der Waals surface area contributed by atoms with Crippen molar-refractivity contribution in [3.63, 3.8) is 0 Å². The van der Waals surface area contributed by atoms with Gasteiger partial charge in [0.2, 0.25) is 0 Å². The van der Waals surface area contributed by atoms with Crippen LogP contribution in [0.25, 0.3) is 0 Å². The molecule has 0 amide bonds. The van der Waals surface area contributed by atoms with Gasteiger partial charge in [0.15, 0.2) is 0 Å². The van der Waals surface area contributed by atoms with Gasteiger partial charge in [-0.25, -0.2) is 0 Å². The zero-order valence-electron chi connectivity index (χ0n) is 11.6. The van der Waals surface area contributed by atoms with Crippen molar-refractivity contribution in [3.8, 4) is 0 Å². The van der Waals surface area contributed by atoms with Crippen LogP contribution in [0, 0.1) is 11.8 Å². The van der Waals surface area contributed by atoms with Gasteiger partial charge in [-0.1, -0.05) is 24.1 Å². The molecular weight excluding hydrogens is 228 g/mol. The van der Waals surface area contributed by atoms with Crippen LogP contribution in [0.5, 0.6) is 0 Å². The summed E-state index contributed by atoms with van der Waals surface area (Å²) in [5.74, 6) is -0.737. The van der Waals surface area contributed by atoms with E-state index in [0.29, 0.717) is 18.8 Å². The minimum Gasteiger partial charge on any atom is -0.481 e. The fraction of sp³-hybridized carbons (Fsp3) is 0.667. The summed E-state index contributed by atoms with van der Waals surface area (Å²) in [6.07, 6.45) is 5.16. The summed E-state index contributed by atoms with van der Waals surface area (Å²) in [4.78, 5) is 11.4. The van der Waals surface area contributed by atoms with Gasteiger partial charge in [-0.05, 0) is 51.0 Å². The number of carboxylic acids is 1. The normalized spacial score (nSPS) is 22.4. The molecule has 0 aromatic rings. The smallest absolute Gasteiger partial charge is 0.310 e. The first-order valence-electron chi connectivity index (χ1n) is 6.68. The fourth-order valence-corrected chi connectivity index (χ4v) is 2.42. The van der Waals surface area contributed by atoms with E-state index >= 15 is 0 Å². The number of hydrogen-bond donors (Lipinski definition) is 2. The molecule has 0 radical (unpaired) electrons. The van der Waals surface area contributed by atoms with E-state index in [4.69, 9.17) is 5.11 Å². The third kappa shape index (κ3) is 3.70. The third-order valence-corrected chi connectivity index (χ3v) is 3.93. The quantitative estimate of drug-likeness (QED) is 0.790. The van der Waals surface area contributed by atoms with Gasteiger partial charge < -0.3 is 10.2 Å². The van der Waals surface area contributed by atoms with Crippen molar-refractivity contribution in [2.24, 2.45) is 11.8 Å². The number of aliphatic hydroxyl groups excluding tert-OH is 1. The number of carbonyl (C=O) groups is 1. The van der Waals surface area contributed by atoms with E-state index in [1.807, 2.05) is 6.92 Å². The highest BCUT2D eigenvalue weighted by atomic mass is 16.4. The SMILES string of the molecule is CC1=CC(C(CCCO)C(=O)O)=C(C)CCC1C. The Bertz CT molecular complexity index is 366. The van der Waals surface area contributed by atoms with Gasteiger partial charge in [0, 0.05) is 6.61 Å². The largest absolute Gasteiger partial charge is 0.481 e. The number of hydrogen-bond acceptors (Lipinski definition) is 2. The van der Waals surface area contributed by atoms with Gasteiger partial charge in [0.05, 0.1) is 5.92 Å². The molecule has 2 N–H and O–H groups in total. The maximum Gasteiger partial charge on any atom is 0.310 e. The lowest BCUT2D eigenvalue weighted by molar-refractivity contribution is -0.140. The molecule has 3 nitrogen and oxygen atoms in total. The number of rotatable bonds is 5. The van der Waals surface area contributed by atoms with Crippen LogP contribution in [0.4, 0.5) is 0 Å². The average molecular weight is 252 g/mol. The lowest BCUT2D eigenvalue weighted by Crippen LogP contribution is -2.17. The fourth-order valence-electron chi connectivity index (χ4n) is 2.42. The molecule has 0 spiro atoms. The van der Waals surface area contributed by atoms with E-state index in [0.717, 1.165) is 18.4 Å². The van der Waals surface area contributed by atoms with Crippen molar-refractivity contribution in [2.75, 3.05) is 6.61 Å². The van der Waals surface area contributed by atoms with E-state index in [1.54, 1.807) is 0 Å². The Balaban J connectivity index is 3.02. The molecule has 1 aliphatic carbocycles. The topological polar surface area (TPSA) is 57.5 Å². The second kappa shape index (κ2) is 6.74. The summed E-state index contributed by atoms with van der Waals surface area (Å²) < 4.78 is 0. The zero-order valence-corrected chi connectivity index (χ0v) is 11.6. The number of carboxylic acid groups (broad SMARTS) is 1. The predicted octanol–water partition coefficient (Wildman–Crippen LogP) is 3.15. The van der Waals surface area contributed by atoms with Gasteiger partial charge in [-0.2, -0.15) is 0 Å². The molecule has 0 aromatic heterocycles. The molecule has 0 aromatic carbocycles. The Morgan fingerprint density at radius 3 is 2.72 bits per heavy atom. The van der Waals surface area contributed by atoms with Crippen LogP contribution in [0.15, 0.2) is 22.8 Å². The molecule has 102 valence electrons. The lowest BCUT2D eigenvalue weighted by Gasteiger charge is -2.16. The van der Waals surface area contributed by atoms with Crippen molar-refractivity contribution >= 4 is 5.97 Å². The first-order valence-corrected chi connectivity index (χ1v) is 6.68. The van der Waals surface area contributed by atoms with Crippen molar-refractivity contribution < 1.29 is 15.0 Å². The van der Waals surface area contributed by atoms with Gasteiger partial charge in [0.25, 0.3) is 0 Å². The molecule has 1 aliphatic rings. The number of aliphatic hydroxyl groups is 1. The lowest BCUT2D eigenvalue weighted by atomic mass is 9.89. The van der Waals surface area contributed by atoms with Crippen molar-refractivity contribution in [2.45, 2.75) is 46.5 Å². The van der Waals surface area contributed by atoms with Crippen LogP contribution >= 0.6 is 0 Å². The Morgan fingerprint density at radius 2 is 2.17 bits per heavy atom. The summed E-state index contributed by atoms with van der Waals surface area (Å²) in [6, 6.07) is 0. The highest BCUT2D eigenvalue weighted by Crippen LogP contribution is 2.32. The first kappa shape index (κ1) is 15.0. The summed E-state index contributed by atoms with van der Waals surface area (Å²) in [7, 11) is 0. The molecule has 2 atom stereocenters. The Labute approximate surface area is 109 Å². The number of allylic oxidation sites excluding steroid dienone is 3. The first-order chi connectivity index (χ1) is 8.47. The molecule has 0 fully saturated rings. The maximum atomic E-state index is 11.4. The van der Waals surface area contributed by atoms with Gasteiger partial charge in [0.1, 0.15) is 0 Å². The number of aliphatic carboxylic acids is 1. The second-order valence-electron chi connectivity index (χ2n) is 5.32. The zero-order chi connectivity index (χ0) is 13.7. The summed E-state index contributed by atoms with van der Waals surface area (Å²) in [6.45, 7) is 6.35. The van der Waals surface area contributed by atoms with E-state index < -0.39 is 11.9 Å². The van der Waals surface area contributed by atoms with E-state index in [9.17, 15) is 9.90 Å². The molecule has 0 aliphatic heterocycles.